The second-order valence-electron chi connectivity index (χ2n) is 5.59. The van der Waals surface area contributed by atoms with Gasteiger partial charge in [0, 0.05) is 28.7 Å². The van der Waals surface area contributed by atoms with Gasteiger partial charge in [-0.1, -0.05) is 35.9 Å². The topological polar surface area (TPSA) is 63.3 Å². The number of fused-ring (bicyclic) bond motifs is 2. The smallest absolute Gasteiger partial charge is 0.0869 e. The summed E-state index contributed by atoms with van der Waals surface area (Å²) < 4.78 is 0. The van der Waals surface area contributed by atoms with Crippen LogP contribution in [0.3, 0.4) is 0 Å². The van der Waals surface area contributed by atoms with Crippen molar-refractivity contribution in [2.45, 2.75) is 6.04 Å². The molecule has 1 atom stereocenters. The van der Waals surface area contributed by atoms with E-state index in [4.69, 9.17) is 22.3 Å². The third-order valence-corrected chi connectivity index (χ3v) is 4.25. The van der Waals surface area contributed by atoms with Crippen LogP contribution in [0.15, 0.2) is 72.0 Å². The lowest BCUT2D eigenvalue weighted by atomic mass is 9.97. The minimum atomic E-state index is -0.372. The number of nitrogens with one attached hydrogen (secondary N) is 1. The van der Waals surface area contributed by atoms with E-state index in [1.807, 2.05) is 54.6 Å². The number of nitrogens with two attached hydrogens (primary N) is 1. The molecular weight excluding hydrogens is 320 g/mol. The maximum absolute atomic E-state index is 6.52. The third-order valence-electron chi connectivity index (χ3n) is 4.01. The molecule has 1 aliphatic heterocycles. The largest absolute Gasteiger partial charge is 0.353 e. The fourth-order valence-electron chi connectivity index (χ4n) is 2.81. The standard InChI is InChI=1S/C19H15ClN4/c20-13-7-8-16-17(10-13)23-15-6-2-1-5-14(15)19(24-16)18(21)12-4-3-9-22-11-12/h1-11,18,23H,21H2. The van der Waals surface area contributed by atoms with E-state index < -0.39 is 0 Å². The normalized spacial score (nSPS) is 13.8. The first kappa shape index (κ1) is 14.9. The average molecular weight is 335 g/mol. The van der Waals surface area contributed by atoms with Crippen molar-refractivity contribution in [2.75, 3.05) is 5.32 Å². The van der Waals surface area contributed by atoms with Gasteiger partial charge in [-0.05, 0) is 35.9 Å². The average Bonchev–Trinajstić information content (AvgIpc) is 2.78. The Morgan fingerprint density at radius 2 is 1.88 bits per heavy atom. The predicted molar refractivity (Wildman–Crippen MR) is 98.5 cm³/mol. The summed E-state index contributed by atoms with van der Waals surface area (Å²) in [7, 11) is 0. The Balaban J connectivity index is 1.91. The zero-order valence-electron chi connectivity index (χ0n) is 12.8. The van der Waals surface area contributed by atoms with E-state index in [0.29, 0.717) is 5.02 Å². The quantitative estimate of drug-likeness (QED) is 0.719. The van der Waals surface area contributed by atoms with Crippen molar-refractivity contribution in [3.05, 3.63) is 83.1 Å². The van der Waals surface area contributed by atoms with Crippen LogP contribution in [0.2, 0.25) is 5.02 Å². The van der Waals surface area contributed by atoms with Gasteiger partial charge in [0.1, 0.15) is 0 Å². The second kappa shape index (κ2) is 6.07. The molecule has 0 spiro atoms. The van der Waals surface area contributed by atoms with Gasteiger partial charge in [-0.3, -0.25) is 4.98 Å². The molecular formula is C19H15ClN4. The summed E-state index contributed by atoms with van der Waals surface area (Å²) in [6.07, 6.45) is 3.51. The van der Waals surface area contributed by atoms with E-state index in [1.54, 1.807) is 12.4 Å². The monoisotopic (exact) mass is 334 g/mol. The molecule has 0 bridgehead atoms. The highest BCUT2D eigenvalue weighted by atomic mass is 35.5. The van der Waals surface area contributed by atoms with Crippen molar-refractivity contribution < 1.29 is 0 Å². The fraction of sp³-hybridized carbons (Fsp3) is 0.0526. The van der Waals surface area contributed by atoms with Crippen molar-refractivity contribution in [2.24, 2.45) is 10.7 Å². The number of rotatable bonds is 2. The maximum atomic E-state index is 6.52. The van der Waals surface area contributed by atoms with Crippen LogP contribution in [-0.4, -0.2) is 10.7 Å². The molecule has 0 aliphatic carbocycles. The van der Waals surface area contributed by atoms with Crippen LogP contribution in [-0.2, 0) is 0 Å². The Morgan fingerprint density at radius 3 is 2.71 bits per heavy atom. The zero-order chi connectivity index (χ0) is 16.5. The van der Waals surface area contributed by atoms with Gasteiger partial charge in [0.25, 0.3) is 0 Å². The molecule has 2 aromatic carbocycles. The molecule has 2 heterocycles. The van der Waals surface area contributed by atoms with Gasteiger partial charge in [0.15, 0.2) is 0 Å². The van der Waals surface area contributed by atoms with E-state index in [9.17, 15) is 0 Å². The Bertz CT molecular complexity index is 922. The number of nitrogens with zero attached hydrogens (tertiary/aromatic N) is 2. The van der Waals surface area contributed by atoms with E-state index in [-0.39, 0.29) is 6.04 Å². The Morgan fingerprint density at radius 1 is 1.00 bits per heavy atom. The van der Waals surface area contributed by atoms with Gasteiger partial charge >= 0.3 is 0 Å². The van der Waals surface area contributed by atoms with E-state index in [2.05, 4.69) is 10.3 Å². The van der Waals surface area contributed by atoms with E-state index >= 15 is 0 Å². The van der Waals surface area contributed by atoms with Gasteiger partial charge in [0.2, 0.25) is 0 Å². The molecule has 118 valence electrons. The SMILES string of the molecule is NC(C1=Nc2ccc(Cl)cc2Nc2ccccc21)c1cccnc1. The number of aromatic nitrogens is 1. The van der Waals surface area contributed by atoms with Crippen molar-refractivity contribution in [3.8, 4) is 0 Å². The molecule has 0 amide bonds. The number of halogens is 1. The third kappa shape index (κ3) is 2.66. The number of hydrogen-bond acceptors (Lipinski definition) is 4. The van der Waals surface area contributed by atoms with Gasteiger partial charge < -0.3 is 11.1 Å². The lowest BCUT2D eigenvalue weighted by Gasteiger charge is -2.16. The van der Waals surface area contributed by atoms with Crippen LogP contribution >= 0.6 is 11.6 Å². The minimum Gasteiger partial charge on any atom is -0.353 e. The minimum absolute atomic E-state index is 0.372. The van der Waals surface area contributed by atoms with Crippen molar-refractivity contribution in [3.63, 3.8) is 0 Å². The van der Waals surface area contributed by atoms with Crippen LogP contribution in [0.1, 0.15) is 17.2 Å². The van der Waals surface area contributed by atoms with Crippen LogP contribution in [0.5, 0.6) is 0 Å². The number of benzene rings is 2. The molecule has 0 saturated carbocycles. The summed E-state index contributed by atoms with van der Waals surface area (Å²) in [5.41, 5.74) is 11.8. The maximum Gasteiger partial charge on any atom is 0.0869 e. The van der Waals surface area contributed by atoms with Crippen molar-refractivity contribution >= 4 is 34.4 Å². The Kier molecular flexibility index (Phi) is 3.76. The number of hydrogen-bond donors (Lipinski definition) is 2. The zero-order valence-corrected chi connectivity index (χ0v) is 13.5. The number of para-hydroxylation sites is 1. The number of aliphatic imine (C=N–C) groups is 1. The van der Waals surface area contributed by atoms with Crippen LogP contribution < -0.4 is 11.1 Å². The van der Waals surface area contributed by atoms with Crippen LogP contribution in [0.4, 0.5) is 17.1 Å². The molecule has 24 heavy (non-hydrogen) atoms. The summed E-state index contributed by atoms with van der Waals surface area (Å²) in [6, 6.07) is 17.1. The molecule has 4 rings (SSSR count). The Labute approximate surface area is 145 Å². The predicted octanol–water partition coefficient (Wildman–Crippen LogP) is 4.61. The van der Waals surface area contributed by atoms with Crippen LogP contribution in [0, 0.1) is 0 Å². The summed E-state index contributed by atoms with van der Waals surface area (Å²) in [5, 5.41) is 4.07. The highest BCUT2D eigenvalue weighted by Gasteiger charge is 2.22. The summed E-state index contributed by atoms with van der Waals surface area (Å²) >= 11 is 6.13. The highest BCUT2D eigenvalue weighted by molar-refractivity contribution is 6.31. The molecule has 1 aromatic heterocycles. The lowest BCUT2D eigenvalue weighted by Crippen LogP contribution is -2.22. The molecule has 0 saturated heterocycles. The first-order chi connectivity index (χ1) is 11.7. The fourth-order valence-corrected chi connectivity index (χ4v) is 2.98. The molecule has 5 heteroatoms. The molecule has 3 N–H and O–H groups in total. The van der Waals surface area contributed by atoms with Crippen molar-refractivity contribution in [1.82, 2.24) is 4.98 Å². The number of pyridine rings is 1. The van der Waals surface area contributed by atoms with Crippen LogP contribution in [0.25, 0.3) is 0 Å². The molecule has 1 aliphatic rings. The first-order valence-electron chi connectivity index (χ1n) is 7.62. The second-order valence-corrected chi connectivity index (χ2v) is 6.03. The number of anilines is 2. The summed E-state index contributed by atoms with van der Waals surface area (Å²) in [6.45, 7) is 0. The van der Waals surface area contributed by atoms with Gasteiger partial charge in [-0.25, -0.2) is 4.99 Å². The lowest BCUT2D eigenvalue weighted by molar-refractivity contribution is 0.948. The molecule has 0 radical (unpaired) electrons. The van der Waals surface area contributed by atoms with Gasteiger partial charge in [-0.2, -0.15) is 0 Å². The first-order valence-corrected chi connectivity index (χ1v) is 8.00. The Hall–Kier alpha value is -2.69. The van der Waals surface area contributed by atoms with Gasteiger partial charge in [0.05, 0.1) is 23.1 Å². The molecule has 1 unspecified atom stereocenters. The van der Waals surface area contributed by atoms with E-state index in [0.717, 1.165) is 33.9 Å². The van der Waals surface area contributed by atoms with E-state index in [1.165, 1.54) is 0 Å². The van der Waals surface area contributed by atoms with Crippen molar-refractivity contribution in [1.29, 1.82) is 0 Å². The van der Waals surface area contributed by atoms with Gasteiger partial charge in [-0.15, -0.1) is 0 Å². The molecule has 3 aromatic rings. The summed E-state index contributed by atoms with van der Waals surface area (Å²) in [4.78, 5) is 9.01. The summed E-state index contributed by atoms with van der Waals surface area (Å²) in [5.74, 6) is 0. The molecule has 4 nitrogen and oxygen atoms in total. The molecule has 0 fully saturated rings. The highest BCUT2D eigenvalue weighted by Crippen LogP contribution is 2.37.